The van der Waals surface area contributed by atoms with Crippen molar-refractivity contribution in [1.82, 2.24) is 15.2 Å². The predicted molar refractivity (Wildman–Crippen MR) is 94.6 cm³/mol. The number of aromatic nitrogens is 1. The number of hydrogen-bond acceptors (Lipinski definition) is 6. The molecule has 2 aromatic heterocycles. The van der Waals surface area contributed by atoms with Gasteiger partial charge < -0.3 is 15.5 Å². The minimum absolute atomic E-state index is 0.0728. The maximum Gasteiger partial charge on any atom is 0.224 e. The average molecular weight is 348 g/mol. The van der Waals surface area contributed by atoms with Crippen molar-refractivity contribution in [2.45, 2.75) is 32.2 Å². The van der Waals surface area contributed by atoms with Crippen molar-refractivity contribution in [1.29, 1.82) is 0 Å². The first-order valence-corrected chi connectivity index (χ1v) is 9.31. The molecule has 0 unspecified atom stereocenters. The van der Waals surface area contributed by atoms with Crippen molar-refractivity contribution in [3.05, 3.63) is 35.2 Å². The Morgan fingerprint density at radius 2 is 2.46 bits per heavy atom. The molecule has 1 aliphatic heterocycles. The summed E-state index contributed by atoms with van der Waals surface area (Å²) in [6, 6.07) is 3.88. The van der Waals surface area contributed by atoms with E-state index >= 15 is 0 Å². The number of piperidine rings is 1. The molecule has 0 saturated carbocycles. The minimum atomic E-state index is 0.0728. The van der Waals surface area contributed by atoms with E-state index in [2.05, 4.69) is 15.2 Å². The monoisotopic (exact) mass is 348 g/mol. The first-order valence-electron chi connectivity index (χ1n) is 8.43. The number of thiazole rings is 1. The van der Waals surface area contributed by atoms with Crippen LogP contribution in [0.1, 0.15) is 30.7 Å². The van der Waals surface area contributed by atoms with Crippen LogP contribution in [0.15, 0.2) is 28.2 Å². The molecule has 0 aliphatic carbocycles. The smallest absolute Gasteiger partial charge is 0.224 e. The SMILES string of the molecule is Nc1nc(CCCNC(=O)[C@H]2CCCN(Cc3ccco3)C2)cs1. The zero-order valence-electron chi connectivity index (χ0n) is 13.7. The Hall–Kier alpha value is -1.86. The summed E-state index contributed by atoms with van der Waals surface area (Å²) < 4.78 is 5.40. The summed E-state index contributed by atoms with van der Waals surface area (Å²) in [5, 5.41) is 5.65. The summed E-state index contributed by atoms with van der Waals surface area (Å²) in [5.41, 5.74) is 6.62. The van der Waals surface area contributed by atoms with Gasteiger partial charge in [-0.2, -0.15) is 0 Å². The molecule has 1 amide bonds. The van der Waals surface area contributed by atoms with Crippen molar-refractivity contribution in [3.8, 4) is 0 Å². The van der Waals surface area contributed by atoms with Gasteiger partial charge in [-0.1, -0.05) is 0 Å². The molecule has 3 N–H and O–H groups in total. The molecule has 1 atom stereocenters. The highest BCUT2D eigenvalue weighted by molar-refractivity contribution is 7.13. The molecule has 130 valence electrons. The van der Waals surface area contributed by atoms with Crippen LogP contribution < -0.4 is 11.1 Å². The highest BCUT2D eigenvalue weighted by atomic mass is 32.1. The number of rotatable bonds is 7. The number of carbonyl (C=O) groups excluding carboxylic acids is 1. The molecular formula is C17H24N4O2S. The first-order chi connectivity index (χ1) is 11.7. The maximum absolute atomic E-state index is 12.4. The number of amides is 1. The number of nitrogens with zero attached hydrogens (tertiary/aromatic N) is 2. The van der Waals surface area contributed by atoms with E-state index in [1.165, 1.54) is 11.3 Å². The number of nitrogens with one attached hydrogen (secondary N) is 1. The fraction of sp³-hybridized carbons (Fsp3) is 0.529. The van der Waals surface area contributed by atoms with E-state index < -0.39 is 0 Å². The molecule has 3 rings (SSSR count). The second-order valence-corrected chi connectivity index (χ2v) is 7.11. The van der Waals surface area contributed by atoms with Crippen LogP contribution in [0.4, 0.5) is 5.13 Å². The zero-order valence-corrected chi connectivity index (χ0v) is 14.6. The van der Waals surface area contributed by atoms with E-state index in [0.717, 1.165) is 56.8 Å². The largest absolute Gasteiger partial charge is 0.468 e. The summed E-state index contributed by atoms with van der Waals surface area (Å²) in [7, 11) is 0. The fourth-order valence-corrected chi connectivity index (χ4v) is 3.70. The van der Waals surface area contributed by atoms with E-state index in [9.17, 15) is 4.79 Å². The Morgan fingerprint density at radius 3 is 3.21 bits per heavy atom. The summed E-state index contributed by atoms with van der Waals surface area (Å²) in [5.74, 6) is 1.19. The lowest BCUT2D eigenvalue weighted by molar-refractivity contribution is -0.126. The highest BCUT2D eigenvalue weighted by Gasteiger charge is 2.25. The van der Waals surface area contributed by atoms with Crippen LogP contribution in [-0.2, 0) is 17.8 Å². The molecule has 0 spiro atoms. The lowest BCUT2D eigenvalue weighted by Crippen LogP contribution is -2.42. The van der Waals surface area contributed by atoms with Crippen LogP contribution in [0.25, 0.3) is 0 Å². The van der Waals surface area contributed by atoms with Crippen molar-refractivity contribution in [3.63, 3.8) is 0 Å². The van der Waals surface area contributed by atoms with Gasteiger partial charge in [-0.05, 0) is 44.4 Å². The third kappa shape index (κ3) is 4.82. The number of nitrogen functional groups attached to an aromatic ring is 1. The standard InChI is InChI=1S/C17H24N4O2S/c18-17-20-14(12-24-17)5-1-7-19-16(22)13-4-2-8-21(10-13)11-15-6-3-9-23-15/h3,6,9,12-13H,1-2,4-5,7-8,10-11H2,(H2,18,20)(H,19,22)/t13-/m0/s1. The molecule has 24 heavy (non-hydrogen) atoms. The number of hydrogen-bond donors (Lipinski definition) is 2. The zero-order chi connectivity index (χ0) is 16.8. The van der Waals surface area contributed by atoms with E-state index in [1.807, 2.05) is 17.5 Å². The van der Waals surface area contributed by atoms with Crippen molar-refractivity contribution in [2.75, 3.05) is 25.4 Å². The Balaban J connectivity index is 1.38. The van der Waals surface area contributed by atoms with Crippen LogP contribution in [0.3, 0.4) is 0 Å². The van der Waals surface area contributed by atoms with Gasteiger partial charge in [0, 0.05) is 18.5 Å². The molecule has 7 heteroatoms. The molecule has 2 aromatic rings. The van der Waals surface area contributed by atoms with Crippen molar-refractivity contribution >= 4 is 22.4 Å². The van der Waals surface area contributed by atoms with Crippen LogP contribution >= 0.6 is 11.3 Å². The maximum atomic E-state index is 12.4. The molecule has 3 heterocycles. The van der Waals surface area contributed by atoms with Gasteiger partial charge in [0.15, 0.2) is 5.13 Å². The van der Waals surface area contributed by atoms with E-state index in [4.69, 9.17) is 10.2 Å². The van der Waals surface area contributed by atoms with E-state index in [1.54, 1.807) is 6.26 Å². The Morgan fingerprint density at radius 1 is 1.54 bits per heavy atom. The lowest BCUT2D eigenvalue weighted by Gasteiger charge is -2.31. The number of nitrogens with two attached hydrogens (primary N) is 1. The molecule has 0 bridgehead atoms. The van der Waals surface area contributed by atoms with Gasteiger partial charge in [-0.3, -0.25) is 9.69 Å². The lowest BCUT2D eigenvalue weighted by atomic mass is 9.97. The van der Waals surface area contributed by atoms with Crippen molar-refractivity contribution in [2.24, 2.45) is 5.92 Å². The third-order valence-corrected chi connectivity index (χ3v) is 5.04. The Kier molecular flexibility index (Phi) is 5.87. The molecule has 1 aliphatic rings. The van der Waals surface area contributed by atoms with Gasteiger partial charge in [0.2, 0.25) is 5.91 Å². The number of likely N-dealkylation sites (tertiary alicyclic amines) is 1. The number of anilines is 1. The highest BCUT2D eigenvalue weighted by Crippen LogP contribution is 2.19. The second-order valence-electron chi connectivity index (χ2n) is 6.23. The first kappa shape index (κ1) is 17.0. The third-order valence-electron chi connectivity index (χ3n) is 4.31. The van der Waals surface area contributed by atoms with Crippen LogP contribution in [0, 0.1) is 5.92 Å². The average Bonchev–Trinajstić information content (AvgIpc) is 3.23. The number of furan rings is 1. The van der Waals surface area contributed by atoms with Gasteiger partial charge in [-0.15, -0.1) is 11.3 Å². The van der Waals surface area contributed by atoms with E-state index in [0.29, 0.717) is 11.7 Å². The Labute approximate surface area is 146 Å². The summed E-state index contributed by atoms with van der Waals surface area (Å²) >= 11 is 1.46. The van der Waals surface area contributed by atoms with Gasteiger partial charge in [0.25, 0.3) is 0 Å². The minimum Gasteiger partial charge on any atom is -0.468 e. The van der Waals surface area contributed by atoms with Crippen LogP contribution in [0.5, 0.6) is 0 Å². The fourth-order valence-electron chi connectivity index (χ4n) is 3.10. The molecule has 0 radical (unpaired) electrons. The van der Waals surface area contributed by atoms with Gasteiger partial charge in [0.1, 0.15) is 5.76 Å². The quantitative estimate of drug-likeness (QED) is 0.750. The molecule has 1 saturated heterocycles. The number of aryl methyl sites for hydroxylation is 1. The molecular weight excluding hydrogens is 324 g/mol. The Bertz CT molecular complexity index is 641. The van der Waals surface area contributed by atoms with Gasteiger partial charge in [0.05, 0.1) is 24.4 Å². The normalized spacial score (nSPS) is 18.6. The van der Waals surface area contributed by atoms with Crippen molar-refractivity contribution < 1.29 is 9.21 Å². The summed E-state index contributed by atoms with van der Waals surface area (Å²) in [6.07, 6.45) is 5.44. The molecule has 0 aromatic carbocycles. The topological polar surface area (TPSA) is 84.4 Å². The number of carbonyl (C=O) groups is 1. The summed E-state index contributed by atoms with van der Waals surface area (Å²) in [4.78, 5) is 18.9. The molecule has 6 nitrogen and oxygen atoms in total. The van der Waals surface area contributed by atoms with E-state index in [-0.39, 0.29) is 11.8 Å². The van der Waals surface area contributed by atoms with Crippen LogP contribution in [0.2, 0.25) is 0 Å². The molecule has 1 fully saturated rings. The summed E-state index contributed by atoms with van der Waals surface area (Å²) in [6.45, 7) is 3.29. The second kappa shape index (κ2) is 8.30. The van der Waals surface area contributed by atoms with Gasteiger partial charge in [-0.25, -0.2) is 4.98 Å². The van der Waals surface area contributed by atoms with Gasteiger partial charge >= 0.3 is 0 Å². The van der Waals surface area contributed by atoms with Crippen LogP contribution in [-0.4, -0.2) is 35.4 Å². The predicted octanol–water partition coefficient (Wildman–Crippen LogP) is 2.28.